The van der Waals surface area contributed by atoms with Gasteiger partial charge in [0.2, 0.25) is 21.8 Å². The molecular weight excluding hydrogens is 404 g/mol. The maximum absolute atomic E-state index is 12.5. The normalized spacial score (nSPS) is 14.6. The standard InChI is InChI=1S/C22H26N2O5S/c1-16(2)29-19-7-3-5-17(15-19)6-4-14-23-30(27,28)20-10-8-18(9-11-20)24-21(25)12-13-22(24)26/h3,5,7-11,15-16,23H,4,6,12-14H2,1-2H3. The van der Waals surface area contributed by atoms with E-state index in [-0.39, 0.29) is 35.7 Å². The Morgan fingerprint density at radius 3 is 2.33 bits per heavy atom. The number of carbonyl (C=O) groups is 2. The summed E-state index contributed by atoms with van der Waals surface area (Å²) < 4.78 is 33.3. The van der Waals surface area contributed by atoms with Crippen molar-refractivity contribution >= 4 is 27.5 Å². The van der Waals surface area contributed by atoms with Crippen LogP contribution in [0.3, 0.4) is 0 Å². The SMILES string of the molecule is CC(C)Oc1cccc(CCCNS(=O)(=O)c2ccc(N3C(=O)CCC3=O)cc2)c1. The van der Waals surface area contributed by atoms with Crippen molar-refractivity contribution in [2.24, 2.45) is 0 Å². The monoisotopic (exact) mass is 430 g/mol. The Morgan fingerprint density at radius 1 is 1.03 bits per heavy atom. The molecule has 0 spiro atoms. The van der Waals surface area contributed by atoms with E-state index in [1.807, 2.05) is 38.1 Å². The molecule has 7 nitrogen and oxygen atoms in total. The van der Waals surface area contributed by atoms with Crippen LogP contribution in [-0.4, -0.2) is 32.9 Å². The number of ether oxygens (including phenoxy) is 1. The first-order valence-corrected chi connectivity index (χ1v) is 11.5. The van der Waals surface area contributed by atoms with Crippen molar-refractivity contribution in [1.29, 1.82) is 0 Å². The molecule has 0 saturated carbocycles. The lowest BCUT2D eigenvalue weighted by atomic mass is 10.1. The van der Waals surface area contributed by atoms with E-state index in [0.717, 1.165) is 22.6 Å². The molecule has 0 bridgehead atoms. The van der Waals surface area contributed by atoms with Crippen LogP contribution in [0, 0.1) is 0 Å². The Bertz CT molecular complexity index is 1000. The van der Waals surface area contributed by atoms with Crippen LogP contribution in [0.25, 0.3) is 0 Å². The van der Waals surface area contributed by atoms with Gasteiger partial charge in [-0.25, -0.2) is 13.1 Å². The molecule has 0 unspecified atom stereocenters. The number of aryl methyl sites for hydroxylation is 1. The highest BCUT2D eigenvalue weighted by Crippen LogP contribution is 2.24. The first kappa shape index (κ1) is 22.0. The lowest BCUT2D eigenvalue weighted by molar-refractivity contribution is -0.121. The van der Waals surface area contributed by atoms with Crippen molar-refractivity contribution in [1.82, 2.24) is 4.72 Å². The summed E-state index contributed by atoms with van der Waals surface area (Å²) in [5, 5.41) is 0. The van der Waals surface area contributed by atoms with Gasteiger partial charge in [-0.15, -0.1) is 0 Å². The van der Waals surface area contributed by atoms with Gasteiger partial charge in [0, 0.05) is 19.4 Å². The number of rotatable bonds is 9. The Hall–Kier alpha value is -2.71. The third-order valence-corrected chi connectivity index (χ3v) is 6.14. The van der Waals surface area contributed by atoms with Crippen molar-refractivity contribution in [3.8, 4) is 5.75 Å². The molecule has 1 aliphatic rings. The summed E-state index contributed by atoms with van der Waals surface area (Å²) in [6, 6.07) is 13.6. The minimum atomic E-state index is -3.67. The minimum absolute atomic E-state index is 0.0951. The number of hydrogen-bond donors (Lipinski definition) is 1. The van der Waals surface area contributed by atoms with Gasteiger partial charge < -0.3 is 4.74 Å². The van der Waals surface area contributed by atoms with Gasteiger partial charge in [-0.05, 0) is 68.7 Å². The Kier molecular flexibility index (Phi) is 6.89. The molecule has 0 atom stereocenters. The van der Waals surface area contributed by atoms with Gasteiger partial charge in [0.15, 0.2) is 0 Å². The third-order valence-electron chi connectivity index (χ3n) is 4.66. The van der Waals surface area contributed by atoms with E-state index >= 15 is 0 Å². The predicted octanol–water partition coefficient (Wildman–Crippen LogP) is 3.04. The number of nitrogens with zero attached hydrogens (tertiary/aromatic N) is 1. The van der Waals surface area contributed by atoms with E-state index in [1.54, 1.807) is 0 Å². The zero-order valence-corrected chi connectivity index (χ0v) is 17.9. The molecular formula is C22H26N2O5S. The number of benzene rings is 2. The Labute approximate surface area is 177 Å². The molecule has 0 radical (unpaired) electrons. The second-order valence-corrected chi connectivity index (χ2v) is 9.20. The quantitative estimate of drug-likeness (QED) is 0.488. The summed E-state index contributed by atoms with van der Waals surface area (Å²) in [6.07, 6.45) is 1.83. The van der Waals surface area contributed by atoms with Crippen LogP contribution in [-0.2, 0) is 26.0 Å². The number of anilines is 1. The predicted molar refractivity (Wildman–Crippen MR) is 114 cm³/mol. The van der Waals surface area contributed by atoms with Gasteiger partial charge in [-0.2, -0.15) is 0 Å². The van der Waals surface area contributed by atoms with E-state index in [1.165, 1.54) is 24.3 Å². The summed E-state index contributed by atoms with van der Waals surface area (Å²) in [5.74, 6) is 0.270. The maximum Gasteiger partial charge on any atom is 0.240 e. The number of amides is 2. The first-order chi connectivity index (χ1) is 14.3. The average molecular weight is 431 g/mol. The zero-order chi connectivity index (χ0) is 21.7. The number of carbonyl (C=O) groups excluding carboxylic acids is 2. The highest BCUT2D eigenvalue weighted by atomic mass is 32.2. The molecule has 2 aromatic carbocycles. The van der Waals surface area contributed by atoms with E-state index in [0.29, 0.717) is 18.7 Å². The molecule has 2 aromatic rings. The summed E-state index contributed by atoms with van der Waals surface area (Å²) in [7, 11) is -3.67. The second-order valence-electron chi connectivity index (χ2n) is 7.43. The first-order valence-electron chi connectivity index (χ1n) is 9.97. The summed E-state index contributed by atoms with van der Waals surface area (Å²) in [5.41, 5.74) is 1.47. The zero-order valence-electron chi connectivity index (χ0n) is 17.1. The van der Waals surface area contributed by atoms with Crippen molar-refractivity contribution in [3.05, 3.63) is 54.1 Å². The molecule has 0 aromatic heterocycles. The molecule has 1 N–H and O–H groups in total. The van der Waals surface area contributed by atoms with Crippen molar-refractivity contribution in [2.45, 2.75) is 50.5 Å². The third kappa shape index (κ3) is 5.46. The fraction of sp³-hybridized carbons (Fsp3) is 0.364. The van der Waals surface area contributed by atoms with Crippen LogP contribution in [0.4, 0.5) is 5.69 Å². The summed E-state index contributed by atoms with van der Waals surface area (Å²) in [6.45, 7) is 4.23. The lowest BCUT2D eigenvalue weighted by Gasteiger charge is -2.14. The maximum atomic E-state index is 12.5. The molecule has 2 amide bonds. The molecule has 1 heterocycles. The van der Waals surface area contributed by atoms with Crippen molar-refractivity contribution < 1.29 is 22.7 Å². The van der Waals surface area contributed by atoms with E-state index < -0.39 is 10.0 Å². The second kappa shape index (κ2) is 9.40. The Balaban J connectivity index is 1.54. The smallest absolute Gasteiger partial charge is 0.240 e. The topological polar surface area (TPSA) is 92.8 Å². The fourth-order valence-corrected chi connectivity index (χ4v) is 4.34. The van der Waals surface area contributed by atoms with Crippen LogP contribution in [0.1, 0.15) is 38.7 Å². The van der Waals surface area contributed by atoms with Gasteiger partial charge in [-0.1, -0.05) is 12.1 Å². The van der Waals surface area contributed by atoms with Gasteiger partial charge in [0.1, 0.15) is 5.75 Å². The van der Waals surface area contributed by atoms with Gasteiger partial charge >= 0.3 is 0 Å². The number of hydrogen-bond acceptors (Lipinski definition) is 5. The molecule has 8 heteroatoms. The average Bonchev–Trinajstić information content (AvgIpc) is 3.03. The van der Waals surface area contributed by atoms with Crippen LogP contribution < -0.4 is 14.4 Å². The minimum Gasteiger partial charge on any atom is -0.491 e. The lowest BCUT2D eigenvalue weighted by Crippen LogP contribution is -2.29. The van der Waals surface area contributed by atoms with Crippen LogP contribution in [0.15, 0.2) is 53.4 Å². The molecule has 0 aliphatic carbocycles. The van der Waals surface area contributed by atoms with E-state index in [9.17, 15) is 18.0 Å². The van der Waals surface area contributed by atoms with Crippen LogP contribution in [0.5, 0.6) is 5.75 Å². The van der Waals surface area contributed by atoms with Crippen LogP contribution in [0.2, 0.25) is 0 Å². The molecule has 1 saturated heterocycles. The largest absolute Gasteiger partial charge is 0.491 e. The summed E-state index contributed by atoms with van der Waals surface area (Å²) >= 11 is 0. The Morgan fingerprint density at radius 2 is 1.70 bits per heavy atom. The highest BCUT2D eigenvalue weighted by Gasteiger charge is 2.30. The fourth-order valence-electron chi connectivity index (χ4n) is 3.27. The van der Waals surface area contributed by atoms with Crippen molar-refractivity contribution in [3.63, 3.8) is 0 Å². The molecule has 1 aliphatic heterocycles. The van der Waals surface area contributed by atoms with Crippen LogP contribution >= 0.6 is 0 Å². The van der Waals surface area contributed by atoms with Gasteiger partial charge in [0.05, 0.1) is 16.7 Å². The molecule has 160 valence electrons. The summed E-state index contributed by atoms with van der Waals surface area (Å²) in [4.78, 5) is 24.8. The molecule has 30 heavy (non-hydrogen) atoms. The van der Waals surface area contributed by atoms with Crippen molar-refractivity contribution in [2.75, 3.05) is 11.4 Å². The molecule has 1 fully saturated rings. The highest BCUT2D eigenvalue weighted by molar-refractivity contribution is 7.89. The van der Waals surface area contributed by atoms with Gasteiger partial charge in [-0.3, -0.25) is 14.5 Å². The number of nitrogens with one attached hydrogen (secondary N) is 1. The van der Waals surface area contributed by atoms with E-state index in [4.69, 9.17) is 4.74 Å². The number of imide groups is 1. The van der Waals surface area contributed by atoms with E-state index in [2.05, 4.69) is 4.72 Å². The molecule has 3 rings (SSSR count). The number of sulfonamides is 1. The van der Waals surface area contributed by atoms with Gasteiger partial charge in [0.25, 0.3) is 0 Å².